The SMILES string of the molecule is CC[C@H](C)c1ccc(NC(=O)COC(=O)[C@H]2C[C@@H]2C)cc1. The molecule has 1 N–H and O–H groups in total. The zero-order valence-electron chi connectivity index (χ0n) is 12.9. The number of rotatable bonds is 6. The van der Waals surface area contributed by atoms with Crippen LogP contribution in [0.2, 0.25) is 0 Å². The van der Waals surface area contributed by atoms with E-state index < -0.39 is 0 Å². The minimum atomic E-state index is -0.298. The Labute approximate surface area is 125 Å². The summed E-state index contributed by atoms with van der Waals surface area (Å²) in [6.45, 7) is 6.11. The highest BCUT2D eigenvalue weighted by Gasteiger charge is 2.40. The summed E-state index contributed by atoms with van der Waals surface area (Å²) in [5.41, 5.74) is 1.98. The van der Waals surface area contributed by atoms with E-state index in [1.54, 1.807) is 0 Å². The predicted octanol–water partition coefficient (Wildman–Crippen LogP) is 3.34. The normalized spacial score (nSPS) is 21.5. The van der Waals surface area contributed by atoms with E-state index in [0.29, 0.717) is 11.8 Å². The highest BCUT2D eigenvalue weighted by atomic mass is 16.5. The molecule has 1 aliphatic carbocycles. The first-order valence-electron chi connectivity index (χ1n) is 7.57. The van der Waals surface area contributed by atoms with E-state index in [0.717, 1.165) is 18.5 Å². The van der Waals surface area contributed by atoms with Crippen molar-refractivity contribution in [1.29, 1.82) is 0 Å². The number of hydrogen-bond acceptors (Lipinski definition) is 3. The van der Waals surface area contributed by atoms with Crippen molar-refractivity contribution in [2.45, 2.75) is 39.5 Å². The molecular weight excluding hydrogens is 266 g/mol. The van der Waals surface area contributed by atoms with E-state index in [1.807, 2.05) is 31.2 Å². The molecule has 1 fully saturated rings. The maximum atomic E-state index is 11.7. The minimum Gasteiger partial charge on any atom is -0.455 e. The fourth-order valence-corrected chi connectivity index (χ4v) is 2.22. The first kappa shape index (κ1) is 15.5. The number of amides is 1. The summed E-state index contributed by atoms with van der Waals surface area (Å²) < 4.78 is 5.00. The third-order valence-electron chi connectivity index (χ3n) is 4.13. The van der Waals surface area contributed by atoms with Crippen molar-refractivity contribution >= 4 is 17.6 Å². The van der Waals surface area contributed by atoms with Crippen LogP contribution >= 0.6 is 0 Å². The second-order valence-corrected chi connectivity index (χ2v) is 5.91. The molecule has 0 spiro atoms. The summed E-state index contributed by atoms with van der Waals surface area (Å²) >= 11 is 0. The summed E-state index contributed by atoms with van der Waals surface area (Å²) in [6.07, 6.45) is 1.96. The largest absolute Gasteiger partial charge is 0.455 e. The Morgan fingerprint density at radius 2 is 1.95 bits per heavy atom. The fourth-order valence-electron chi connectivity index (χ4n) is 2.22. The predicted molar refractivity (Wildman–Crippen MR) is 82.0 cm³/mol. The molecule has 1 aromatic rings. The van der Waals surface area contributed by atoms with Crippen molar-refractivity contribution in [1.82, 2.24) is 0 Å². The first-order valence-corrected chi connectivity index (χ1v) is 7.57. The highest BCUT2D eigenvalue weighted by molar-refractivity contribution is 5.93. The average molecular weight is 289 g/mol. The molecule has 0 aliphatic heterocycles. The van der Waals surface area contributed by atoms with Gasteiger partial charge < -0.3 is 10.1 Å². The molecule has 2 rings (SSSR count). The quantitative estimate of drug-likeness (QED) is 0.817. The highest BCUT2D eigenvalue weighted by Crippen LogP contribution is 2.38. The van der Waals surface area contributed by atoms with Crippen LogP contribution in [-0.4, -0.2) is 18.5 Å². The van der Waals surface area contributed by atoms with E-state index in [9.17, 15) is 9.59 Å². The van der Waals surface area contributed by atoms with Gasteiger partial charge in [0, 0.05) is 5.69 Å². The number of ether oxygens (including phenoxy) is 1. The molecule has 1 saturated carbocycles. The van der Waals surface area contributed by atoms with Crippen LogP contribution < -0.4 is 5.32 Å². The molecular formula is C17H23NO3. The van der Waals surface area contributed by atoms with Gasteiger partial charge in [-0.25, -0.2) is 0 Å². The van der Waals surface area contributed by atoms with Crippen LogP contribution in [0, 0.1) is 11.8 Å². The van der Waals surface area contributed by atoms with E-state index >= 15 is 0 Å². The maximum absolute atomic E-state index is 11.7. The van der Waals surface area contributed by atoms with Crippen molar-refractivity contribution in [2.24, 2.45) is 11.8 Å². The van der Waals surface area contributed by atoms with E-state index in [4.69, 9.17) is 4.74 Å². The molecule has 0 aromatic heterocycles. The number of nitrogens with one attached hydrogen (secondary N) is 1. The van der Waals surface area contributed by atoms with Crippen LogP contribution in [0.4, 0.5) is 5.69 Å². The molecule has 1 aromatic carbocycles. The maximum Gasteiger partial charge on any atom is 0.309 e. The third kappa shape index (κ3) is 4.31. The van der Waals surface area contributed by atoms with Gasteiger partial charge in [0.15, 0.2) is 6.61 Å². The molecule has 21 heavy (non-hydrogen) atoms. The Balaban J connectivity index is 1.78. The zero-order chi connectivity index (χ0) is 15.4. The molecule has 1 aliphatic rings. The lowest BCUT2D eigenvalue weighted by Gasteiger charge is -2.10. The van der Waals surface area contributed by atoms with Gasteiger partial charge in [-0.05, 0) is 42.4 Å². The number of anilines is 1. The van der Waals surface area contributed by atoms with Gasteiger partial charge in [-0.1, -0.05) is 32.9 Å². The van der Waals surface area contributed by atoms with Gasteiger partial charge in [0.2, 0.25) is 0 Å². The van der Waals surface area contributed by atoms with Gasteiger partial charge in [0.1, 0.15) is 0 Å². The molecule has 4 nitrogen and oxygen atoms in total. The first-order chi connectivity index (χ1) is 10.0. The molecule has 0 bridgehead atoms. The molecule has 114 valence electrons. The van der Waals surface area contributed by atoms with E-state index in [-0.39, 0.29) is 24.4 Å². The fraction of sp³-hybridized carbons (Fsp3) is 0.529. The zero-order valence-corrected chi connectivity index (χ0v) is 12.9. The monoisotopic (exact) mass is 289 g/mol. The number of hydrogen-bond donors (Lipinski definition) is 1. The number of carbonyl (C=O) groups excluding carboxylic acids is 2. The average Bonchev–Trinajstić information content (AvgIpc) is 3.22. The summed E-state index contributed by atoms with van der Waals surface area (Å²) in [4.78, 5) is 23.3. The summed E-state index contributed by atoms with van der Waals surface area (Å²) in [6, 6.07) is 7.79. The Morgan fingerprint density at radius 3 is 2.48 bits per heavy atom. The number of benzene rings is 1. The van der Waals surface area contributed by atoms with Gasteiger partial charge in [0.05, 0.1) is 5.92 Å². The van der Waals surface area contributed by atoms with Crippen LogP contribution in [0.15, 0.2) is 24.3 Å². The summed E-state index contributed by atoms with van der Waals surface area (Å²) in [5, 5.41) is 2.74. The lowest BCUT2D eigenvalue weighted by Crippen LogP contribution is -2.21. The third-order valence-corrected chi connectivity index (χ3v) is 4.13. The van der Waals surface area contributed by atoms with Gasteiger partial charge in [0.25, 0.3) is 5.91 Å². The van der Waals surface area contributed by atoms with Crippen LogP contribution in [0.25, 0.3) is 0 Å². The van der Waals surface area contributed by atoms with Gasteiger partial charge >= 0.3 is 5.97 Å². The molecule has 0 heterocycles. The lowest BCUT2D eigenvalue weighted by molar-refractivity contribution is -0.148. The molecule has 4 heteroatoms. The minimum absolute atomic E-state index is 0.00684. The van der Waals surface area contributed by atoms with Crippen molar-refractivity contribution in [3.8, 4) is 0 Å². The Hall–Kier alpha value is -1.84. The van der Waals surface area contributed by atoms with Gasteiger partial charge in [-0.2, -0.15) is 0 Å². The van der Waals surface area contributed by atoms with Crippen molar-refractivity contribution < 1.29 is 14.3 Å². The smallest absolute Gasteiger partial charge is 0.309 e. The van der Waals surface area contributed by atoms with Crippen molar-refractivity contribution in [2.75, 3.05) is 11.9 Å². The van der Waals surface area contributed by atoms with Crippen molar-refractivity contribution in [3.05, 3.63) is 29.8 Å². The second-order valence-electron chi connectivity index (χ2n) is 5.91. The molecule has 0 unspecified atom stereocenters. The summed E-state index contributed by atoms with van der Waals surface area (Å²) in [5.74, 6) is 0.343. The summed E-state index contributed by atoms with van der Waals surface area (Å²) in [7, 11) is 0. The van der Waals surface area contributed by atoms with E-state index in [1.165, 1.54) is 5.56 Å². The lowest BCUT2D eigenvalue weighted by atomic mass is 9.99. The molecule has 1 amide bonds. The van der Waals surface area contributed by atoms with Crippen molar-refractivity contribution in [3.63, 3.8) is 0 Å². The molecule has 3 atom stereocenters. The van der Waals surface area contributed by atoms with Gasteiger partial charge in [-0.3, -0.25) is 9.59 Å². The topological polar surface area (TPSA) is 55.4 Å². The standard InChI is InChI=1S/C17H23NO3/c1-4-11(2)13-5-7-14(8-6-13)18-16(19)10-21-17(20)15-9-12(15)3/h5-8,11-12,15H,4,9-10H2,1-3H3,(H,18,19)/t11-,12-,15-/m0/s1. The molecule has 0 radical (unpaired) electrons. The van der Waals surface area contributed by atoms with Crippen LogP contribution in [0.1, 0.15) is 45.1 Å². The number of esters is 1. The number of carbonyl (C=O) groups is 2. The van der Waals surface area contributed by atoms with Crippen LogP contribution in [0.5, 0.6) is 0 Å². The van der Waals surface area contributed by atoms with Gasteiger partial charge in [-0.15, -0.1) is 0 Å². The van der Waals surface area contributed by atoms with Crippen LogP contribution in [0.3, 0.4) is 0 Å². The Kier molecular flexibility index (Phi) is 4.99. The second kappa shape index (κ2) is 6.74. The van der Waals surface area contributed by atoms with Crippen LogP contribution in [-0.2, 0) is 14.3 Å². The Bertz CT molecular complexity index is 509. The van der Waals surface area contributed by atoms with E-state index in [2.05, 4.69) is 19.2 Å². The molecule has 0 saturated heterocycles. The Morgan fingerprint density at radius 1 is 1.33 bits per heavy atom.